The van der Waals surface area contributed by atoms with E-state index in [1.54, 1.807) is 0 Å². The number of halogens is 2. The van der Waals surface area contributed by atoms with Crippen LogP contribution in [0.2, 0.25) is 10.3 Å². The Morgan fingerprint density at radius 1 is 1.39 bits per heavy atom. The third kappa shape index (κ3) is 2.85. The molecule has 0 aromatic carbocycles. The largest absolute Gasteiger partial charge is 0.396 e. The van der Waals surface area contributed by atoms with Crippen LogP contribution in [0.5, 0.6) is 0 Å². The number of nitrogens with zero attached hydrogens (tertiary/aromatic N) is 3. The van der Waals surface area contributed by atoms with Gasteiger partial charge in [-0.3, -0.25) is 0 Å². The lowest BCUT2D eigenvalue weighted by Gasteiger charge is -2.33. The molecule has 1 aromatic rings. The standard InChI is InChI=1S/C11H15Cl2N3O2/c1-7-6-18-5-3-16(7)11-14-9(12)8(2-4-17)10(13)15-11/h7,17H,2-6H2,1H3/t7-/m0/s1. The van der Waals surface area contributed by atoms with Gasteiger partial charge in [-0.15, -0.1) is 0 Å². The van der Waals surface area contributed by atoms with Gasteiger partial charge in [-0.05, 0) is 6.92 Å². The highest BCUT2D eigenvalue weighted by molar-refractivity contribution is 6.34. The summed E-state index contributed by atoms with van der Waals surface area (Å²) in [5, 5.41) is 9.54. The number of hydrogen-bond donors (Lipinski definition) is 1. The first-order valence-electron chi connectivity index (χ1n) is 5.80. The molecule has 18 heavy (non-hydrogen) atoms. The fourth-order valence-corrected chi connectivity index (χ4v) is 2.46. The van der Waals surface area contributed by atoms with Crippen molar-refractivity contribution in [2.24, 2.45) is 0 Å². The first-order valence-corrected chi connectivity index (χ1v) is 6.56. The Hall–Kier alpha value is -0.620. The van der Waals surface area contributed by atoms with Crippen molar-refractivity contribution in [3.8, 4) is 0 Å². The van der Waals surface area contributed by atoms with Gasteiger partial charge < -0.3 is 14.7 Å². The first kappa shape index (κ1) is 13.8. The molecule has 0 spiro atoms. The molecule has 2 heterocycles. The molecule has 0 radical (unpaired) electrons. The van der Waals surface area contributed by atoms with Crippen molar-refractivity contribution in [2.75, 3.05) is 31.3 Å². The lowest BCUT2D eigenvalue weighted by atomic mass is 10.2. The summed E-state index contributed by atoms with van der Waals surface area (Å²) in [4.78, 5) is 10.5. The van der Waals surface area contributed by atoms with Crippen molar-refractivity contribution >= 4 is 29.2 Å². The van der Waals surface area contributed by atoms with Crippen LogP contribution in [0, 0.1) is 0 Å². The second-order valence-corrected chi connectivity index (χ2v) is 4.89. The number of morpholine rings is 1. The Morgan fingerprint density at radius 2 is 2.06 bits per heavy atom. The smallest absolute Gasteiger partial charge is 0.228 e. The average molecular weight is 292 g/mol. The van der Waals surface area contributed by atoms with Crippen LogP contribution in [0.4, 0.5) is 5.95 Å². The van der Waals surface area contributed by atoms with Gasteiger partial charge in [0.2, 0.25) is 5.95 Å². The molecule has 1 aliphatic rings. The van der Waals surface area contributed by atoms with E-state index in [1.807, 2.05) is 11.8 Å². The molecule has 100 valence electrons. The SMILES string of the molecule is C[C@H]1COCCN1c1nc(Cl)c(CCO)c(Cl)n1. The van der Waals surface area contributed by atoms with Gasteiger partial charge in [0.15, 0.2) is 0 Å². The summed E-state index contributed by atoms with van der Waals surface area (Å²) >= 11 is 12.2. The summed E-state index contributed by atoms with van der Waals surface area (Å²) in [6.07, 6.45) is 0.358. The van der Waals surface area contributed by atoms with Gasteiger partial charge in [0, 0.05) is 25.1 Å². The first-order chi connectivity index (χ1) is 8.63. The summed E-state index contributed by atoms with van der Waals surface area (Å²) in [6.45, 7) is 3.99. The summed E-state index contributed by atoms with van der Waals surface area (Å²) in [5.41, 5.74) is 0.588. The molecule has 1 atom stereocenters. The second kappa shape index (κ2) is 6.02. The predicted octanol–water partition coefficient (Wildman–Crippen LogP) is 1.54. The topological polar surface area (TPSA) is 58.5 Å². The Bertz CT molecular complexity index is 408. The molecule has 1 N–H and O–H groups in total. The molecule has 1 saturated heterocycles. The molecule has 7 heteroatoms. The minimum absolute atomic E-state index is 0.0316. The van der Waals surface area contributed by atoms with Gasteiger partial charge >= 0.3 is 0 Å². The normalized spacial score (nSPS) is 20.2. The van der Waals surface area contributed by atoms with E-state index in [0.717, 1.165) is 0 Å². The molecule has 1 aromatic heterocycles. The molecule has 0 bridgehead atoms. The van der Waals surface area contributed by atoms with Crippen LogP contribution in [-0.4, -0.2) is 47.5 Å². The Kier molecular flexibility index (Phi) is 4.61. The van der Waals surface area contributed by atoms with Crippen molar-refractivity contribution in [1.82, 2.24) is 9.97 Å². The van der Waals surface area contributed by atoms with Gasteiger partial charge in [0.05, 0.1) is 19.3 Å². The van der Waals surface area contributed by atoms with E-state index in [0.29, 0.717) is 48.0 Å². The summed E-state index contributed by atoms with van der Waals surface area (Å²) in [5.74, 6) is 0.516. The highest BCUT2D eigenvalue weighted by Crippen LogP contribution is 2.26. The van der Waals surface area contributed by atoms with Crippen molar-refractivity contribution in [3.63, 3.8) is 0 Å². The van der Waals surface area contributed by atoms with Crippen LogP contribution in [0.1, 0.15) is 12.5 Å². The maximum Gasteiger partial charge on any atom is 0.228 e. The zero-order valence-electron chi connectivity index (χ0n) is 10.1. The number of anilines is 1. The van der Waals surface area contributed by atoms with Crippen LogP contribution < -0.4 is 4.90 Å². The quantitative estimate of drug-likeness (QED) is 0.856. The second-order valence-electron chi connectivity index (χ2n) is 4.17. The van der Waals surface area contributed by atoms with E-state index in [4.69, 9.17) is 33.0 Å². The maximum absolute atomic E-state index is 8.93. The lowest BCUT2D eigenvalue weighted by molar-refractivity contribution is 0.0981. The molecule has 5 nitrogen and oxygen atoms in total. The van der Waals surface area contributed by atoms with E-state index in [9.17, 15) is 0 Å². The predicted molar refractivity (Wildman–Crippen MR) is 70.5 cm³/mol. The lowest BCUT2D eigenvalue weighted by Crippen LogP contribution is -2.44. The fraction of sp³-hybridized carbons (Fsp3) is 0.636. The molecule has 0 saturated carbocycles. The minimum atomic E-state index is -0.0316. The van der Waals surface area contributed by atoms with E-state index in [2.05, 4.69) is 9.97 Å². The summed E-state index contributed by atoms with van der Waals surface area (Å²) in [7, 11) is 0. The summed E-state index contributed by atoms with van der Waals surface area (Å²) in [6, 6.07) is 0.189. The van der Waals surface area contributed by atoms with Crippen LogP contribution >= 0.6 is 23.2 Å². The molecule has 0 amide bonds. The number of aliphatic hydroxyl groups is 1. The Morgan fingerprint density at radius 3 is 2.61 bits per heavy atom. The highest BCUT2D eigenvalue weighted by Gasteiger charge is 2.23. The molecular weight excluding hydrogens is 277 g/mol. The zero-order valence-corrected chi connectivity index (χ0v) is 11.6. The monoisotopic (exact) mass is 291 g/mol. The van der Waals surface area contributed by atoms with Gasteiger partial charge in [-0.1, -0.05) is 23.2 Å². The molecule has 2 rings (SSSR count). The van der Waals surface area contributed by atoms with Crippen LogP contribution in [0.15, 0.2) is 0 Å². The van der Waals surface area contributed by atoms with E-state index in [1.165, 1.54) is 0 Å². The third-order valence-corrected chi connectivity index (χ3v) is 3.51. The van der Waals surface area contributed by atoms with E-state index >= 15 is 0 Å². The van der Waals surface area contributed by atoms with E-state index in [-0.39, 0.29) is 12.6 Å². The van der Waals surface area contributed by atoms with Gasteiger partial charge in [0.1, 0.15) is 10.3 Å². The van der Waals surface area contributed by atoms with Gasteiger partial charge in [-0.2, -0.15) is 0 Å². The fourth-order valence-electron chi connectivity index (χ4n) is 1.89. The molecule has 1 fully saturated rings. The average Bonchev–Trinajstić information content (AvgIpc) is 2.34. The molecule has 0 unspecified atom stereocenters. The van der Waals surface area contributed by atoms with Crippen molar-refractivity contribution < 1.29 is 9.84 Å². The molecule has 1 aliphatic heterocycles. The van der Waals surface area contributed by atoms with Crippen LogP contribution in [-0.2, 0) is 11.2 Å². The summed E-state index contributed by atoms with van der Waals surface area (Å²) < 4.78 is 5.36. The zero-order chi connectivity index (χ0) is 13.1. The molecular formula is C11H15Cl2N3O2. The molecule has 0 aliphatic carbocycles. The van der Waals surface area contributed by atoms with Gasteiger partial charge in [-0.25, -0.2) is 9.97 Å². The van der Waals surface area contributed by atoms with Crippen molar-refractivity contribution in [3.05, 3.63) is 15.9 Å². The number of aromatic nitrogens is 2. The van der Waals surface area contributed by atoms with Crippen molar-refractivity contribution in [2.45, 2.75) is 19.4 Å². The number of aliphatic hydroxyl groups excluding tert-OH is 1. The Labute approximate surface area is 116 Å². The van der Waals surface area contributed by atoms with E-state index < -0.39 is 0 Å². The maximum atomic E-state index is 8.93. The highest BCUT2D eigenvalue weighted by atomic mass is 35.5. The minimum Gasteiger partial charge on any atom is -0.396 e. The van der Waals surface area contributed by atoms with Crippen LogP contribution in [0.25, 0.3) is 0 Å². The third-order valence-electron chi connectivity index (χ3n) is 2.88. The Balaban J connectivity index is 2.29. The van der Waals surface area contributed by atoms with Crippen molar-refractivity contribution in [1.29, 1.82) is 0 Å². The number of hydrogen-bond acceptors (Lipinski definition) is 5. The van der Waals surface area contributed by atoms with Gasteiger partial charge in [0.25, 0.3) is 0 Å². The number of rotatable bonds is 3. The number of ether oxygens (including phenoxy) is 1. The van der Waals surface area contributed by atoms with Crippen LogP contribution in [0.3, 0.4) is 0 Å².